The van der Waals surface area contributed by atoms with Crippen LogP contribution in [0.5, 0.6) is 0 Å². The molecular weight excluding hydrogens is 222 g/mol. The third kappa shape index (κ3) is 3.17. The molecule has 0 aliphatic rings. The fourth-order valence-corrected chi connectivity index (χ4v) is 2.15. The highest BCUT2D eigenvalue weighted by Crippen LogP contribution is 2.17. The molecule has 1 aromatic carbocycles. The Morgan fingerprint density at radius 2 is 2.00 bits per heavy atom. The Hall–Kier alpha value is -1.16. The highest BCUT2D eigenvalue weighted by molar-refractivity contribution is 7.98. The van der Waals surface area contributed by atoms with E-state index in [-0.39, 0.29) is 0 Å². The highest BCUT2D eigenvalue weighted by atomic mass is 32.2. The van der Waals surface area contributed by atoms with Crippen molar-refractivity contribution in [3.8, 4) is 0 Å². The van der Waals surface area contributed by atoms with Crippen molar-refractivity contribution < 1.29 is 9.90 Å². The number of nitrogens with zero attached hydrogens (tertiary/aromatic N) is 1. The smallest absolute Gasteiger partial charge is 0.335 e. The Kier molecular flexibility index (Phi) is 4.68. The first-order chi connectivity index (χ1) is 7.56. The molecule has 1 rings (SSSR count). The van der Waals surface area contributed by atoms with Crippen molar-refractivity contribution in [2.24, 2.45) is 0 Å². The number of carboxylic acid groups (broad SMARTS) is 1. The van der Waals surface area contributed by atoms with Crippen LogP contribution in [0, 0.1) is 0 Å². The second-order valence-corrected chi connectivity index (χ2v) is 4.68. The Morgan fingerprint density at radius 1 is 1.44 bits per heavy atom. The van der Waals surface area contributed by atoms with E-state index >= 15 is 0 Å². The van der Waals surface area contributed by atoms with Gasteiger partial charge in [-0.2, -0.15) is 11.8 Å². The predicted molar refractivity (Wildman–Crippen MR) is 69.6 cm³/mol. The lowest BCUT2D eigenvalue weighted by Crippen LogP contribution is -2.30. The molecule has 88 valence electrons. The largest absolute Gasteiger partial charge is 0.478 e. The van der Waals surface area contributed by atoms with E-state index in [1.165, 1.54) is 0 Å². The second kappa shape index (κ2) is 5.80. The molecule has 0 saturated carbocycles. The first-order valence-corrected chi connectivity index (χ1v) is 6.50. The van der Waals surface area contributed by atoms with Gasteiger partial charge < -0.3 is 10.0 Å². The Labute approximate surface area is 100 Å². The van der Waals surface area contributed by atoms with Gasteiger partial charge in [-0.05, 0) is 37.4 Å². The molecule has 1 aromatic rings. The molecule has 0 aromatic heterocycles. The number of carboxylic acids is 1. The van der Waals surface area contributed by atoms with Crippen molar-refractivity contribution >= 4 is 23.4 Å². The maximum atomic E-state index is 10.7. The zero-order valence-corrected chi connectivity index (χ0v) is 10.6. The Bertz CT molecular complexity index is 351. The van der Waals surface area contributed by atoms with Crippen LogP contribution in [0.4, 0.5) is 5.69 Å². The standard InChI is InChI=1S/C12H17NO2S/c1-9(8-16-3)13(2)11-6-4-10(5-7-11)12(14)15/h4-7,9H,8H2,1-3H3,(H,14,15). The predicted octanol–water partition coefficient (Wildman–Crippen LogP) is 2.57. The van der Waals surface area contributed by atoms with Gasteiger partial charge in [-0.3, -0.25) is 0 Å². The maximum absolute atomic E-state index is 10.7. The van der Waals surface area contributed by atoms with Gasteiger partial charge in [0.05, 0.1) is 5.56 Å². The minimum atomic E-state index is -0.883. The number of thioether (sulfide) groups is 1. The molecule has 0 amide bonds. The molecule has 1 N–H and O–H groups in total. The van der Waals surface area contributed by atoms with Gasteiger partial charge >= 0.3 is 5.97 Å². The van der Waals surface area contributed by atoms with Gasteiger partial charge in [0.15, 0.2) is 0 Å². The summed E-state index contributed by atoms with van der Waals surface area (Å²) < 4.78 is 0. The number of benzene rings is 1. The lowest BCUT2D eigenvalue weighted by molar-refractivity contribution is 0.0697. The number of rotatable bonds is 5. The SMILES string of the molecule is CSCC(C)N(C)c1ccc(C(=O)O)cc1. The summed E-state index contributed by atoms with van der Waals surface area (Å²) in [6.07, 6.45) is 2.08. The number of hydrogen-bond acceptors (Lipinski definition) is 3. The first kappa shape index (κ1) is 12.9. The zero-order valence-electron chi connectivity index (χ0n) is 9.80. The lowest BCUT2D eigenvalue weighted by atomic mass is 10.2. The van der Waals surface area contributed by atoms with Crippen LogP contribution in [0.25, 0.3) is 0 Å². The van der Waals surface area contributed by atoms with Crippen LogP contribution in [0.2, 0.25) is 0 Å². The molecule has 0 aliphatic carbocycles. The Morgan fingerprint density at radius 3 is 2.44 bits per heavy atom. The van der Waals surface area contributed by atoms with E-state index in [1.807, 2.05) is 19.2 Å². The van der Waals surface area contributed by atoms with E-state index in [0.29, 0.717) is 11.6 Å². The average Bonchev–Trinajstić information content (AvgIpc) is 2.28. The fraction of sp³-hybridized carbons (Fsp3) is 0.417. The summed E-state index contributed by atoms with van der Waals surface area (Å²) >= 11 is 1.80. The quantitative estimate of drug-likeness (QED) is 0.857. The van der Waals surface area contributed by atoms with Crippen LogP contribution >= 0.6 is 11.8 Å². The van der Waals surface area contributed by atoms with Gasteiger partial charge in [-0.15, -0.1) is 0 Å². The molecule has 0 radical (unpaired) electrons. The number of anilines is 1. The van der Waals surface area contributed by atoms with Gasteiger partial charge in [-0.25, -0.2) is 4.79 Å². The van der Waals surface area contributed by atoms with Crippen LogP contribution in [0.1, 0.15) is 17.3 Å². The Balaban J connectivity index is 2.77. The van der Waals surface area contributed by atoms with Gasteiger partial charge in [-0.1, -0.05) is 0 Å². The first-order valence-electron chi connectivity index (χ1n) is 5.11. The summed E-state index contributed by atoms with van der Waals surface area (Å²) in [7, 11) is 2.02. The third-order valence-corrected chi connectivity index (χ3v) is 3.41. The van der Waals surface area contributed by atoms with E-state index in [0.717, 1.165) is 11.4 Å². The molecule has 0 saturated heterocycles. The van der Waals surface area contributed by atoms with E-state index < -0.39 is 5.97 Å². The van der Waals surface area contributed by atoms with Gasteiger partial charge in [0, 0.05) is 24.5 Å². The summed E-state index contributed by atoms with van der Waals surface area (Å²) in [4.78, 5) is 12.9. The molecule has 0 aliphatic heterocycles. The van der Waals surface area contributed by atoms with E-state index in [9.17, 15) is 4.79 Å². The molecule has 16 heavy (non-hydrogen) atoms. The van der Waals surface area contributed by atoms with Crippen LogP contribution < -0.4 is 4.90 Å². The van der Waals surface area contributed by atoms with Gasteiger partial charge in [0.25, 0.3) is 0 Å². The number of aromatic carboxylic acids is 1. The lowest BCUT2D eigenvalue weighted by Gasteiger charge is -2.26. The molecule has 1 atom stereocenters. The molecule has 0 fully saturated rings. The molecular formula is C12H17NO2S. The minimum Gasteiger partial charge on any atom is -0.478 e. The fourth-order valence-electron chi connectivity index (χ4n) is 1.45. The summed E-state index contributed by atoms with van der Waals surface area (Å²) in [5, 5.41) is 8.79. The van der Waals surface area contributed by atoms with E-state index in [4.69, 9.17) is 5.11 Å². The van der Waals surface area contributed by atoms with E-state index in [2.05, 4.69) is 18.1 Å². The summed E-state index contributed by atoms with van der Waals surface area (Å²) in [6, 6.07) is 7.41. The van der Waals surface area contributed by atoms with Crippen LogP contribution in [0.15, 0.2) is 24.3 Å². The average molecular weight is 239 g/mol. The van der Waals surface area contributed by atoms with Crippen LogP contribution in [0.3, 0.4) is 0 Å². The molecule has 3 nitrogen and oxygen atoms in total. The van der Waals surface area contributed by atoms with Crippen molar-refractivity contribution in [2.75, 3.05) is 24.0 Å². The van der Waals surface area contributed by atoms with Crippen molar-refractivity contribution in [1.82, 2.24) is 0 Å². The molecule has 1 unspecified atom stereocenters. The van der Waals surface area contributed by atoms with Crippen molar-refractivity contribution in [2.45, 2.75) is 13.0 Å². The zero-order chi connectivity index (χ0) is 12.1. The summed E-state index contributed by atoms with van der Waals surface area (Å²) in [6.45, 7) is 2.15. The molecule has 0 spiro atoms. The monoisotopic (exact) mass is 239 g/mol. The van der Waals surface area contributed by atoms with Gasteiger partial charge in [0.1, 0.15) is 0 Å². The van der Waals surface area contributed by atoms with Gasteiger partial charge in [0.2, 0.25) is 0 Å². The summed E-state index contributed by atoms with van der Waals surface area (Å²) in [5.74, 6) is 0.170. The van der Waals surface area contributed by atoms with Crippen molar-refractivity contribution in [1.29, 1.82) is 0 Å². The highest BCUT2D eigenvalue weighted by Gasteiger charge is 2.10. The minimum absolute atomic E-state index is 0.328. The van der Waals surface area contributed by atoms with Crippen molar-refractivity contribution in [3.05, 3.63) is 29.8 Å². The van der Waals surface area contributed by atoms with Crippen LogP contribution in [-0.2, 0) is 0 Å². The molecule has 0 heterocycles. The second-order valence-electron chi connectivity index (χ2n) is 3.77. The molecule has 4 heteroatoms. The van der Waals surface area contributed by atoms with E-state index in [1.54, 1.807) is 23.9 Å². The topological polar surface area (TPSA) is 40.5 Å². The normalized spacial score (nSPS) is 12.2. The summed E-state index contributed by atoms with van der Waals surface area (Å²) in [5.41, 5.74) is 1.38. The molecule has 0 bridgehead atoms. The number of hydrogen-bond donors (Lipinski definition) is 1. The number of carbonyl (C=O) groups is 1. The van der Waals surface area contributed by atoms with Crippen molar-refractivity contribution in [3.63, 3.8) is 0 Å². The maximum Gasteiger partial charge on any atom is 0.335 e. The third-order valence-electron chi connectivity index (χ3n) is 2.59. The van der Waals surface area contributed by atoms with Crippen LogP contribution in [-0.4, -0.2) is 36.2 Å².